The van der Waals surface area contributed by atoms with Gasteiger partial charge in [-0.3, -0.25) is 4.79 Å². The van der Waals surface area contributed by atoms with Crippen molar-refractivity contribution in [2.45, 2.75) is 18.6 Å². The summed E-state index contributed by atoms with van der Waals surface area (Å²) in [5.41, 5.74) is 1.07. The summed E-state index contributed by atoms with van der Waals surface area (Å²) in [4.78, 5) is 11.3. The molecule has 0 bridgehead atoms. The number of ether oxygens (including phenoxy) is 1. The molecular weight excluding hydrogens is 234 g/mol. The average Bonchev–Trinajstić information content (AvgIpc) is 2.36. The van der Waals surface area contributed by atoms with Gasteiger partial charge >= 0.3 is 5.97 Å². The Kier molecular flexibility index (Phi) is 6.19. The molecule has 4 heteroatoms. The van der Waals surface area contributed by atoms with Crippen molar-refractivity contribution in [1.29, 1.82) is 5.26 Å². The molecule has 0 radical (unpaired) electrons. The normalized spacial score (nSPS) is 11.5. The van der Waals surface area contributed by atoms with Crippen molar-refractivity contribution < 1.29 is 9.53 Å². The molecule has 0 heterocycles. The lowest BCUT2D eigenvalue weighted by Gasteiger charge is -2.13. The molecule has 0 aliphatic rings. The first-order valence-electron chi connectivity index (χ1n) is 5.47. The Labute approximate surface area is 106 Å². The van der Waals surface area contributed by atoms with Crippen molar-refractivity contribution >= 4 is 17.7 Å². The highest BCUT2D eigenvalue weighted by Crippen LogP contribution is 2.31. The van der Waals surface area contributed by atoms with Gasteiger partial charge in [0.2, 0.25) is 0 Å². The van der Waals surface area contributed by atoms with Crippen LogP contribution in [0.2, 0.25) is 0 Å². The van der Waals surface area contributed by atoms with Gasteiger partial charge in [-0.15, -0.1) is 11.8 Å². The van der Waals surface area contributed by atoms with Gasteiger partial charge in [0.25, 0.3) is 0 Å². The predicted octanol–water partition coefficient (Wildman–Crippen LogP) is 2.94. The molecule has 90 valence electrons. The van der Waals surface area contributed by atoms with Crippen LogP contribution < -0.4 is 0 Å². The van der Waals surface area contributed by atoms with Crippen LogP contribution in [0.4, 0.5) is 0 Å². The number of nitrogens with zero attached hydrogens (tertiary/aromatic N) is 1. The molecule has 1 aromatic rings. The highest BCUT2D eigenvalue weighted by Gasteiger charge is 2.14. The molecule has 0 N–H and O–H groups in total. The molecule has 0 aliphatic heterocycles. The number of hydrogen-bond donors (Lipinski definition) is 0. The second-order valence-electron chi connectivity index (χ2n) is 3.38. The minimum atomic E-state index is -0.226. The maximum Gasteiger partial charge on any atom is 0.315 e. The minimum absolute atomic E-state index is 0.0330. The zero-order valence-electron chi connectivity index (χ0n) is 9.76. The lowest BCUT2D eigenvalue weighted by atomic mass is 10.1. The summed E-state index contributed by atoms with van der Waals surface area (Å²) in [6.07, 6.45) is 0.397. The number of rotatable bonds is 6. The van der Waals surface area contributed by atoms with Crippen molar-refractivity contribution in [3.8, 4) is 6.07 Å². The molecular formula is C13H15NO2S. The fourth-order valence-electron chi connectivity index (χ4n) is 1.39. The van der Waals surface area contributed by atoms with Crippen molar-refractivity contribution in [3.63, 3.8) is 0 Å². The molecule has 1 rings (SSSR count). The van der Waals surface area contributed by atoms with Crippen LogP contribution in [0.5, 0.6) is 0 Å². The Morgan fingerprint density at radius 3 is 2.76 bits per heavy atom. The molecule has 0 saturated heterocycles. The summed E-state index contributed by atoms with van der Waals surface area (Å²) in [5.74, 6) is 0.0612. The number of hydrogen-bond acceptors (Lipinski definition) is 4. The molecule has 3 nitrogen and oxygen atoms in total. The third kappa shape index (κ3) is 4.92. The van der Waals surface area contributed by atoms with Gasteiger partial charge in [0, 0.05) is 5.25 Å². The quantitative estimate of drug-likeness (QED) is 0.727. The number of benzene rings is 1. The second kappa shape index (κ2) is 7.75. The van der Waals surface area contributed by atoms with E-state index in [2.05, 4.69) is 6.07 Å². The zero-order valence-corrected chi connectivity index (χ0v) is 10.6. The van der Waals surface area contributed by atoms with E-state index in [1.807, 2.05) is 30.3 Å². The summed E-state index contributed by atoms with van der Waals surface area (Å²) in [5, 5.41) is 8.82. The van der Waals surface area contributed by atoms with E-state index >= 15 is 0 Å². The Hall–Kier alpha value is -1.47. The third-order valence-electron chi connectivity index (χ3n) is 2.16. The molecule has 1 atom stereocenters. The van der Waals surface area contributed by atoms with Crippen LogP contribution in [0, 0.1) is 11.3 Å². The number of esters is 1. The van der Waals surface area contributed by atoms with E-state index in [1.54, 1.807) is 6.92 Å². The van der Waals surface area contributed by atoms with Crippen LogP contribution in [-0.2, 0) is 9.53 Å². The standard InChI is InChI=1S/C13H15NO2S/c1-2-16-13(15)10-17-12(8-9-14)11-6-4-3-5-7-11/h3-7,12H,2,8,10H2,1H3. The lowest BCUT2D eigenvalue weighted by Crippen LogP contribution is -2.08. The summed E-state index contributed by atoms with van der Waals surface area (Å²) in [6, 6.07) is 11.9. The SMILES string of the molecule is CCOC(=O)CSC(CC#N)c1ccccc1. The van der Waals surface area contributed by atoms with Gasteiger partial charge in [0.1, 0.15) is 0 Å². The fraction of sp³-hybridized carbons (Fsp3) is 0.385. The number of carbonyl (C=O) groups is 1. The van der Waals surface area contributed by atoms with Gasteiger partial charge in [-0.05, 0) is 12.5 Å². The van der Waals surface area contributed by atoms with Gasteiger partial charge in [0.15, 0.2) is 0 Å². The minimum Gasteiger partial charge on any atom is -0.465 e. The topological polar surface area (TPSA) is 50.1 Å². The first-order valence-corrected chi connectivity index (χ1v) is 6.52. The first-order chi connectivity index (χ1) is 8.27. The molecule has 0 saturated carbocycles. The fourth-order valence-corrected chi connectivity index (χ4v) is 2.36. The number of thioether (sulfide) groups is 1. The molecule has 0 aromatic heterocycles. The molecule has 0 amide bonds. The maximum atomic E-state index is 11.3. The molecule has 1 aromatic carbocycles. The highest BCUT2D eigenvalue weighted by molar-refractivity contribution is 8.00. The Morgan fingerprint density at radius 1 is 1.47 bits per heavy atom. The van der Waals surface area contributed by atoms with Gasteiger partial charge in [-0.1, -0.05) is 30.3 Å². The van der Waals surface area contributed by atoms with Crippen LogP contribution in [0.1, 0.15) is 24.2 Å². The van der Waals surface area contributed by atoms with E-state index in [0.717, 1.165) is 5.56 Å². The lowest BCUT2D eigenvalue weighted by molar-refractivity contribution is -0.139. The smallest absolute Gasteiger partial charge is 0.315 e. The number of nitriles is 1. The van der Waals surface area contributed by atoms with E-state index in [4.69, 9.17) is 10.00 Å². The van der Waals surface area contributed by atoms with Crippen LogP contribution in [0.15, 0.2) is 30.3 Å². The summed E-state index contributed by atoms with van der Waals surface area (Å²) in [6.45, 7) is 2.18. The van der Waals surface area contributed by atoms with Crippen LogP contribution in [0.25, 0.3) is 0 Å². The summed E-state index contributed by atoms with van der Waals surface area (Å²) >= 11 is 1.45. The van der Waals surface area contributed by atoms with E-state index in [1.165, 1.54) is 11.8 Å². The molecule has 0 aliphatic carbocycles. The summed E-state index contributed by atoms with van der Waals surface area (Å²) in [7, 11) is 0. The highest BCUT2D eigenvalue weighted by atomic mass is 32.2. The van der Waals surface area contributed by atoms with Crippen molar-refractivity contribution in [3.05, 3.63) is 35.9 Å². The predicted molar refractivity (Wildman–Crippen MR) is 68.5 cm³/mol. The van der Waals surface area contributed by atoms with Crippen LogP contribution in [0.3, 0.4) is 0 Å². The third-order valence-corrected chi connectivity index (χ3v) is 3.40. The molecule has 1 unspecified atom stereocenters. The average molecular weight is 249 g/mol. The second-order valence-corrected chi connectivity index (χ2v) is 4.57. The van der Waals surface area contributed by atoms with Crippen molar-refractivity contribution in [2.24, 2.45) is 0 Å². The monoisotopic (exact) mass is 249 g/mol. The van der Waals surface area contributed by atoms with E-state index in [9.17, 15) is 4.79 Å². The van der Waals surface area contributed by atoms with E-state index in [-0.39, 0.29) is 17.0 Å². The molecule has 17 heavy (non-hydrogen) atoms. The summed E-state index contributed by atoms with van der Waals surface area (Å²) < 4.78 is 4.86. The molecule has 0 fully saturated rings. The molecule has 0 spiro atoms. The maximum absolute atomic E-state index is 11.3. The number of carbonyl (C=O) groups excluding carboxylic acids is 1. The first kappa shape index (κ1) is 13.6. The zero-order chi connectivity index (χ0) is 12.5. The van der Waals surface area contributed by atoms with Crippen molar-refractivity contribution in [2.75, 3.05) is 12.4 Å². The largest absolute Gasteiger partial charge is 0.465 e. The Morgan fingerprint density at radius 2 is 2.18 bits per heavy atom. The van der Waals surface area contributed by atoms with E-state index in [0.29, 0.717) is 13.0 Å². The van der Waals surface area contributed by atoms with Gasteiger partial charge in [-0.2, -0.15) is 5.26 Å². The Balaban J connectivity index is 2.56. The van der Waals surface area contributed by atoms with Gasteiger partial charge in [-0.25, -0.2) is 0 Å². The van der Waals surface area contributed by atoms with Crippen LogP contribution >= 0.6 is 11.8 Å². The Bertz CT molecular complexity index is 386. The van der Waals surface area contributed by atoms with Gasteiger partial charge in [0.05, 0.1) is 24.8 Å². The van der Waals surface area contributed by atoms with Gasteiger partial charge < -0.3 is 4.74 Å². The van der Waals surface area contributed by atoms with Crippen molar-refractivity contribution in [1.82, 2.24) is 0 Å². The van der Waals surface area contributed by atoms with Crippen LogP contribution in [-0.4, -0.2) is 18.3 Å². The van der Waals surface area contributed by atoms with E-state index < -0.39 is 0 Å².